The summed E-state index contributed by atoms with van der Waals surface area (Å²) in [5, 5.41) is 19.1. The molecule has 1 aromatic heterocycles. The van der Waals surface area contributed by atoms with Crippen LogP contribution in [0.3, 0.4) is 0 Å². The number of carboxylic acid groups (broad SMARTS) is 2. The lowest BCUT2D eigenvalue weighted by Gasteiger charge is -2.58. The van der Waals surface area contributed by atoms with Gasteiger partial charge in [-0.2, -0.15) is 0 Å². The van der Waals surface area contributed by atoms with Gasteiger partial charge >= 0.3 is 11.9 Å². The van der Waals surface area contributed by atoms with E-state index >= 15 is 0 Å². The van der Waals surface area contributed by atoms with Gasteiger partial charge in [0.25, 0.3) is 0 Å². The van der Waals surface area contributed by atoms with Gasteiger partial charge in [0, 0.05) is 18.8 Å². The van der Waals surface area contributed by atoms with Crippen LogP contribution in [0.1, 0.15) is 64.4 Å². The number of hydrogen-bond donors (Lipinski definition) is 2. The van der Waals surface area contributed by atoms with Crippen LogP contribution in [0.5, 0.6) is 0 Å². The van der Waals surface area contributed by atoms with Crippen molar-refractivity contribution < 1.29 is 19.8 Å². The molecule has 5 nitrogen and oxygen atoms in total. The Bertz CT molecular complexity index is 835. The van der Waals surface area contributed by atoms with Gasteiger partial charge in [0.2, 0.25) is 0 Å². The quantitative estimate of drug-likeness (QED) is 0.739. The molecule has 156 valence electrons. The van der Waals surface area contributed by atoms with Crippen molar-refractivity contribution in [2.24, 2.45) is 34.5 Å². The molecule has 6 atom stereocenters. The molecule has 0 radical (unpaired) electrons. The number of hydrogen-bond acceptors (Lipinski definition) is 3. The number of fused-ring (bicyclic) bond motifs is 3. The predicted octanol–water partition coefficient (Wildman–Crippen LogP) is 4.88. The van der Waals surface area contributed by atoms with Gasteiger partial charge in [0.15, 0.2) is 0 Å². The summed E-state index contributed by atoms with van der Waals surface area (Å²) in [5.74, 6) is -0.459. The van der Waals surface area contributed by atoms with Crippen LogP contribution in [0.4, 0.5) is 0 Å². The van der Waals surface area contributed by atoms with Gasteiger partial charge in [-0.3, -0.25) is 14.6 Å². The van der Waals surface area contributed by atoms with Gasteiger partial charge in [-0.15, -0.1) is 0 Å². The molecule has 2 N–H and O–H groups in total. The third-order valence-corrected chi connectivity index (χ3v) is 8.57. The summed E-state index contributed by atoms with van der Waals surface area (Å²) in [5.41, 5.74) is 2.23. The molecule has 2 fully saturated rings. The van der Waals surface area contributed by atoms with Crippen molar-refractivity contribution in [3.05, 3.63) is 36.2 Å². The highest BCUT2D eigenvalue weighted by atomic mass is 16.4. The Balaban J connectivity index is 1.64. The van der Waals surface area contributed by atoms with E-state index in [0.717, 1.165) is 32.1 Å². The smallest absolute Gasteiger partial charge is 0.303 e. The average Bonchev–Trinajstić information content (AvgIpc) is 3.01. The largest absolute Gasteiger partial charge is 0.481 e. The molecule has 2 saturated carbocycles. The fraction of sp³-hybridized carbons (Fsp3) is 0.625. The zero-order valence-electron chi connectivity index (χ0n) is 17.3. The molecule has 0 spiro atoms. The van der Waals surface area contributed by atoms with E-state index in [0.29, 0.717) is 11.8 Å². The van der Waals surface area contributed by atoms with E-state index in [9.17, 15) is 19.8 Å². The van der Waals surface area contributed by atoms with E-state index < -0.39 is 17.4 Å². The fourth-order valence-corrected chi connectivity index (χ4v) is 7.22. The first kappa shape index (κ1) is 20.1. The monoisotopic (exact) mass is 397 g/mol. The summed E-state index contributed by atoms with van der Waals surface area (Å²) in [6.45, 7) is 4.43. The lowest BCUT2D eigenvalue weighted by atomic mass is 9.46. The number of pyridine rings is 1. The normalized spacial score (nSPS) is 38.6. The molecule has 1 heterocycles. The topological polar surface area (TPSA) is 87.5 Å². The molecule has 5 heteroatoms. The Labute approximate surface area is 172 Å². The molecule has 1 aromatic rings. The van der Waals surface area contributed by atoms with Gasteiger partial charge in [0.05, 0.1) is 6.42 Å². The van der Waals surface area contributed by atoms with Crippen LogP contribution >= 0.6 is 0 Å². The standard InChI is InChI=1S/C24H31NO4/c1-23-10-9-20-17(19(23)8-7-18(23)15-4-3-11-25-14-15)6-5-16(12-21(26)27)24(20,2)13-22(28)29/h3-4,7,11,14,16-17,19-20H,5-6,8-10,12-13H2,1-2H3,(H,26,27)(H,28,29)/t16-,17-,19-,20-,23+,24-/m0/s1. The molecule has 0 aromatic carbocycles. The summed E-state index contributed by atoms with van der Waals surface area (Å²) in [4.78, 5) is 27.5. The second-order valence-corrected chi connectivity index (χ2v) is 9.88. The number of rotatable bonds is 5. The predicted molar refractivity (Wildman–Crippen MR) is 110 cm³/mol. The maximum absolute atomic E-state index is 11.7. The molecular weight excluding hydrogens is 366 g/mol. The molecule has 0 saturated heterocycles. The highest BCUT2D eigenvalue weighted by molar-refractivity contribution is 5.73. The van der Waals surface area contributed by atoms with E-state index in [1.54, 1.807) is 6.20 Å². The van der Waals surface area contributed by atoms with Crippen LogP contribution in [-0.4, -0.2) is 27.1 Å². The van der Waals surface area contributed by atoms with Gasteiger partial charge < -0.3 is 10.2 Å². The zero-order valence-corrected chi connectivity index (χ0v) is 17.3. The number of carboxylic acids is 2. The van der Waals surface area contributed by atoms with Gasteiger partial charge in [0.1, 0.15) is 0 Å². The summed E-state index contributed by atoms with van der Waals surface area (Å²) in [6, 6.07) is 4.12. The minimum Gasteiger partial charge on any atom is -0.481 e. The lowest BCUT2D eigenvalue weighted by Crippen LogP contribution is -2.52. The first-order valence-corrected chi connectivity index (χ1v) is 10.8. The van der Waals surface area contributed by atoms with Crippen molar-refractivity contribution in [2.75, 3.05) is 0 Å². The summed E-state index contributed by atoms with van der Waals surface area (Å²) < 4.78 is 0. The number of nitrogens with zero attached hydrogens (tertiary/aromatic N) is 1. The molecule has 0 unspecified atom stereocenters. The molecule has 3 aliphatic rings. The Kier molecular flexibility index (Phi) is 5.04. The minimum absolute atomic E-state index is 0.0612. The van der Waals surface area contributed by atoms with Crippen LogP contribution in [-0.2, 0) is 9.59 Å². The molecule has 0 aliphatic heterocycles. The van der Waals surface area contributed by atoms with Crippen LogP contribution in [0.15, 0.2) is 30.6 Å². The number of aliphatic carboxylic acids is 2. The first-order chi connectivity index (χ1) is 13.8. The third kappa shape index (κ3) is 3.28. The van der Waals surface area contributed by atoms with Crippen molar-refractivity contribution in [1.29, 1.82) is 0 Å². The Morgan fingerprint density at radius 1 is 1.14 bits per heavy atom. The Morgan fingerprint density at radius 3 is 2.59 bits per heavy atom. The average molecular weight is 398 g/mol. The van der Waals surface area contributed by atoms with Crippen LogP contribution in [0.2, 0.25) is 0 Å². The van der Waals surface area contributed by atoms with Crippen molar-refractivity contribution in [3.8, 4) is 0 Å². The van der Waals surface area contributed by atoms with Gasteiger partial charge in [-0.05, 0) is 83.8 Å². The van der Waals surface area contributed by atoms with E-state index in [1.165, 1.54) is 11.1 Å². The SMILES string of the molecule is C[C@]1(CC(=O)O)[C@H](CC(=O)O)CC[C@@H]2[C@@H]1CC[C@]1(C)C(c3cccnc3)=CC[C@@H]21. The van der Waals surface area contributed by atoms with E-state index in [-0.39, 0.29) is 30.1 Å². The molecule has 29 heavy (non-hydrogen) atoms. The summed E-state index contributed by atoms with van der Waals surface area (Å²) in [7, 11) is 0. The van der Waals surface area contributed by atoms with Gasteiger partial charge in [-0.1, -0.05) is 26.0 Å². The Hall–Kier alpha value is -2.17. The van der Waals surface area contributed by atoms with Crippen molar-refractivity contribution in [2.45, 2.75) is 58.8 Å². The van der Waals surface area contributed by atoms with E-state index in [2.05, 4.69) is 31.0 Å². The molecule has 0 amide bonds. The zero-order chi connectivity index (χ0) is 20.8. The molecule has 3 aliphatic carbocycles. The number of carbonyl (C=O) groups is 2. The van der Waals surface area contributed by atoms with E-state index in [1.807, 2.05) is 12.3 Å². The van der Waals surface area contributed by atoms with Gasteiger partial charge in [-0.25, -0.2) is 0 Å². The highest BCUT2D eigenvalue weighted by Crippen LogP contribution is 2.66. The summed E-state index contributed by atoms with van der Waals surface area (Å²) >= 11 is 0. The minimum atomic E-state index is -0.813. The van der Waals surface area contributed by atoms with Crippen molar-refractivity contribution in [3.63, 3.8) is 0 Å². The molecule has 0 bridgehead atoms. The van der Waals surface area contributed by atoms with Crippen LogP contribution in [0, 0.1) is 34.5 Å². The third-order valence-electron chi connectivity index (χ3n) is 8.57. The fourth-order valence-electron chi connectivity index (χ4n) is 7.22. The second kappa shape index (κ2) is 7.26. The highest BCUT2D eigenvalue weighted by Gasteiger charge is 2.58. The van der Waals surface area contributed by atoms with Crippen LogP contribution in [0.25, 0.3) is 5.57 Å². The first-order valence-electron chi connectivity index (χ1n) is 10.8. The van der Waals surface area contributed by atoms with Crippen molar-refractivity contribution >= 4 is 17.5 Å². The molecular formula is C24H31NO4. The lowest BCUT2D eigenvalue weighted by molar-refractivity contribution is -0.153. The summed E-state index contributed by atoms with van der Waals surface area (Å²) in [6.07, 6.45) is 11.1. The maximum atomic E-state index is 11.7. The maximum Gasteiger partial charge on any atom is 0.303 e. The van der Waals surface area contributed by atoms with E-state index in [4.69, 9.17) is 0 Å². The second-order valence-electron chi connectivity index (χ2n) is 9.88. The van der Waals surface area contributed by atoms with Crippen molar-refractivity contribution in [1.82, 2.24) is 4.98 Å². The molecule has 4 rings (SSSR count). The number of allylic oxidation sites excluding steroid dienone is 2. The number of aromatic nitrogens is 1. The van der Waals surface area contributed by atoms with Crippen LogP contribution < -0.4 is 0 Å². The Morgan fingerprint density at radius 2 is 1.93 bits per heavy atom.